The molecule has 0 atom stereocenters. The summed E-state index contributed by atoms with van der Waals surface area (Å²) in [7, 11) is 0. The van der Waals surface area contributed by atoms with Crippen LogP contribution in [-0.4, -0.2) is 44.6 Å². The summed E-state index contributed by atoms with van der Waals surface area (Å²) in [6.45, 7) is 0.913. The Labute approximate surface area is 183 Å². The fraction of sp³-hybridized carbons (Fsp3) is 0.227. The SMILES string of the molecule is O=C(O)c1cc(Cl)ccc1OCC(=O)N(CCCn1ccnc1)Cc1cccc(F)c1. The van der Waals surface area contributed by atoms with Crippen LogP contribution in [-0.2, 0) is 17.9 Å². The fourth-order valence-corrected chi connectivity index (χ4v) is 3.21. The van der Waals surface area contributed by atoms with Gasteiger partial charge in [0.1, 0.15) is 17.1 Å². The summed E-state index contributed by atoms with van der Waals surface area (Å²) >= 11 is 5.85. The van der Waals surface area contributed by atoms with E-state index in [4.69, 9.17) is 16.3 Å². The van der Waals surface area contributed by atoms with Crippen LogP contribution in [0.25, 0.3) is 0 Å². The van der Waals surface area contributed by atoms with Crippen molar-refractivity contribution in [2.45, 2.75) is 19.5 Å². The van der Waals surface area contributed by atoms with E-state index in [0.717, 1.165) is 0 Å². The van der Waals surface area contributed by atoms with Crippen LogP contribution in [0.1, 0.15) is 22.3 Å². The predicted molar refractivity (Wildman–Crippen MR) is 113 cm³/mol. The van der Waals surface area contributed by atoms with Crippen LogP contribution in [0.2, 0.25) is 5.02 Å². The lowest BCUT2D eigenvalue weighted by Crippen LogP contribution is -2.35. The molecule has 7 nitrogen and oxygen atoms in total. The molecule has 1 N–H and O–H groups in total. The van der Waals surface area contributed by atoms with Crippen LogP contribution in [0.3, 0.4) is 0 Å². The van der Waals surface area contributed by atoms with Crippen molar-refractivity contribution in [3.63, 3.8) is 0 Å². The van der Waals surface area contributed by atoms with E-state index in [9.17, 15) is 19.1 Å². The number of rotatable bonds is 10. The van der Waals surface area contributed by atoms with E-state index in [1.165, 1.54) is 30.3 Å². The zero-order valence-corrected chi connectivity index (χ0v) is 17.3. The Morgan fingerprint density at radius 2 is 2.06 bits per heavy atom. The number of aryl methyl sites for hydroxylation is 1. The van der Waals surface area contributed by atoms with Gasteiger partial charge in [-0.15, -0.1) is 0 Å². The number of halogens is 2. The quantitative estimate of drug-likeness (QED) is 0.512. The van der Waals surface area contributed by atoms with E-state index < -0.39 is 5.97 Å². The van der Waals surface area contributed by atoms with E-state index in [1.807, 2.05) is 10.8 Å². The van der Waals surface area contributed by atoms with Crippen molar-refractivity contribution in [1.82, 2.24) is 14.5 Å². The molecule has 0 bridgehead atoms. The lowest BCUT2D eigenvalue weighted by atomic mass is 10.2. The van der Waals surface area contributed by atoms with Crippen molar-refractivity contribution in [1.29, 1.82) is 0 Å². The molecule has 0 aliphatic carbocycles. The molecular weight excluding hydrogens is 425 g/mol. The van der Waals surface area contributed by atoms with E-state index in [2.05, 4.69) is 4.98 Å². The number of ether oxygens (including phenoxy) is 1. The molecule has 0 spiro atoms. The van der Waals surface area contributed by atoms with Gasteiger partial charge in [-0.1, -0.05) is 23.7 Å². The van der Waals surface area contributed by atoms with Gasteiger partial charge in [-0.25, -0.2) is 14.2 Å². The first kappa shape index (κ1) is 22.3. The highest BCUT2D eigenvalue weighted by Gasteiger charge is 2.18. The van der Waals surface area contributed by atoms with E-state index in [1.54, 1.807) is 29.6 Å². The molecule has 1 heterocycles. The van der Waals surface area contributed by atoms with Gasteiger partial charge in [0.2, 0.25) is 0 Å². The summed E-state index contributed by atoms with van der Waals surface area (Å²) < 4.78 is 21.0. The first-order valence-electron chi connectivity index (χ1n) is 9.56. The summed E-state index contributed by atoms with van der Waals surface area (Å²) in [4.78, 5) is 29.8. The molecule has 1 aromatic heterocycles. The fourth-order valence-electron chi connectivity index (χ4n) is 3.04. The monoisotopic (exact) mass is 445 g/mol. The lowest BCUT2D eigenvalue weighted by Gasteiger charge is -2.23. The van der Waals surface area contributed by atoms with Gasteiger partial charge in [-0.3, -0.25) is 4.79 Å². The number of aromatic carboxylic acids is 1. The van der Waals surface area contributed by atoms with Crippen molar-refractivity contribution in [2.24, 2.45) is 0 Å². The summed E-state index contributed by atoms with van der Waals surface area (Å²) in [5, 5.41) is 9.57. The van der Waals surface area contributed by atoms with Crippen LogP contribution in [0.15, 0.2) is 61.2 Å². The van der Waals surface area contributed by atoms with Crippen molar-refractivity contribution in [3.8, 4) is 5.75 Å². The minimum Gasteiger partial charge on any atom is -0.483 e. The largest absolute Gasteiger partial charge is 0.483 e. The Balaban J connectivity index is 1.68. The van der Waals surface area contributed by atoms with Crippen molar-refractivity contribution in [3.05, 3.63) is 83.2 Å². The topological polar surface area (TPSA) is 84.7 Å². The zero-order chi connectivity index (χ0) is 22.2. The lowest BCUT2D eigenvalue weighted by molar-refractivity contribution is -0.134. The van der Waals surface area contributed by atoms with Crippen LogP contribution in [0.5, 0.6) is 5.75 Å². The predicted octanol–water partition coefficient (Wildman–Crippen LogP) is 3.87. The van der Waals surface area contributed by atoms with Gasteiger partial charge in [0.15, 0.2) is 6.61 Å². The van der Waals surface area contributed by atoms with Gasteiger partial charge in [0.05, 0.1) is 6.33 Å². The molecule has 162 valence electrons. The first-order chi connectivity index (χ1) is 14.9. The maximum atomic E-state index is 13.6. The number of aromatic nitrogens is 2. The average Bonchev–Trinajstić information content (AvgIpc) is 3.25. The Kier molecular flexibility index (Phi) is 7.61. The third-order valence-electron chi connectivity index (χ3n) is 4.54. The number of carbonyl (C=O) groups is 2. The summed E-state index contributed by atoms with van der Waals surface area (Å²) in [6, 6.07) is 10.2. The second-order valence-electron chi connectivity index (χ2n) is 6.83. The number of amides is 1. The number of hydrogen-bond donors (Lipinski definition) is 1. The molecule has 31 heavy (non-hydrogen) atoms. The van der Waals surface area contributed by atoms with Crippen LogP contribution in [0, 0.1) is 5.82 Å². The molecule has 0 fully saturated rings. The molecule has 1 amide bonds. The number of nitrogens with zero attached hydrogens (tertiary/aromatic N) is 3. The Hall–Kier alpha value is -3.39. The number of benzene rings is 2. The second-order valence-corrected chi connectivity index (χ2v) is 7.27. The summed E-state index contributed by atoms with van der Waals surface area (Å²) in [5.74, 6) is -1.88. The number of carboxylic acid groups (broad SMARTS) is 1. The average molecular weight is 446 g/mol. The molecule has 0 saturated carbocycles. The minimum absolute atomic E-state index is 0.0503. The maximum Gasteiger partial charge on any atom is 0.339 e. The highest BCUT2D eigenvalue weighted by atomic mass is 35.5. The van der Waals surface area contributed by atoms with Crippen LogP contribution in [0.4, 0.5) is 4.39 Å². The molecular formula is C22H21ClFN3O4. The number of imidazole rings is 1. The third kappa shape index (κ3) is 6.55. The minimum atomic E-state index is -1.21. The maximum absolute atomic E-state index is 13.6. The molecule has 0 radical (unpaired) electrons. The Morgan fingerprint density at radius 3 is 2.77 bits per heavy atom. The molecule has 0 unspecified atom stereocenters. The molecule has 9 heteroatoms. The Bertz CT molecular complexity index is 1040. The standard InChI is InChI=1S/C22H21ClFN3O4/c23-17-5-6-20(19(12-17)22(29)30)31-14-21(28)27(9-2-8-26-10-7-25-15-26)13-16-3-1-4-18(24)11-16/h1,3-7,10-12,15H,2,8-9,13-14H2,(H,29,30). The van der Waals surface area contributed by atoms with Crippen molar-refractivity contribution in [2.75, 3.05) is 13.2 Å². The number of hydrogen-bond acceptors (Lipinski definition) is 4. The zero-order valence-electron chi connectivity index (χ0n) is 16.6. The number of carboxylic acids is 1. The first-order valence-corrected chi connectivity index (χ1v) is 9.94. The van der Waals surface area contributed by atoms with Gasteiger partial charge in [0, 0.05) is 37.1 Å². The van der Waals surface area contributed by atoms with E-state index >= 15 is 0 Å². The normalized spacial score (nSPS) is 10.6. The second kappa shape index (κ2) is 10.6. The van der Waals surface area contributed by atoms with Crippen molar-refractivity contribution < 1.29 is 23.8 Å². The van der Waals surface area contributed by atoms with Gasteiger partial charge in [-0.2, -0.15) is 0 Å². The van der Waals surface area contributed by atoms with Gasteiger partial charge >= 0.3 is 5.97 Å². The molecule has 3 aromatic rings. The van der Waals surface area contributed by atoms with E-state index in [-0.39, 0.29) is 41.2 Å². The molecule has 3 rings (SSSR count). The highest BCUT2D eigenvalue weighted by molar-refractivity contribution is 6.31. The highest BCUT2D eigenvalue weighted by Crippen LogP contribution is 2.23. The molecule has 0 saturated heterocycles. The van der Waals surface area contributed by atoms with Gasteiger partial charge < -0.3 is 19.3 Å². The van der Waals surface area contributed by atoms with Crippen LogP contribution < -0.4 is 4.74 Å². The smallest absolute Gasteiger partial charge is 0.339 e. The van der Waals surface area contributed by atoms with Gasteiger partial charge in [0.25, 0.3) is 5.91 Å². The molecule has 0 aliphatic heterocycles. The Morgan fingerprint density at radius 1 is 1.23 bits per heavy atom. The van der Waals surface area contributed by atoms with Gasteiger partial charge in [-0.05, 0) is 42.3 Å². The third-order valence-corrected chi connectivity index (χ3v) is 4.78. The number of carbonyl (C=O) groups excluding carboxylic acids is 1. The summed E-state index contributed by atoms with van der Waals surface area (Å²) in [5.41, 5.74) is 0.519. The van der Waals surface area contributed by atoms with Crippen molar-refractivity contribution >= 4 is 23.5 Å². The summed E-state index contributed by atoms with van der Waals surface area (Å²) in [6.07, 6.45) is 5.85. The molecule has 2 aromatic carbocycles. The van der Waals surface area contributed by atoms with Crippen LogP contribution >= 0.6 is 11.6 Å². The van der Waals surface area contributed by atoms with E-state index in [0.29, 0.717) is 25.1 Å². The molecule has 0 aliphatic rings.